The predicted octanol–water partition coefficient (Wildman–Crippen LogP) is 3.80. The second kappa shape index (κ2) is 9.06. The van der Waals surface area contributed by atoms with E-state index in [0.717, 1.165) is 30.6 Å². The number of carbonyl (C=O) groups excluding carboxylic acids is 1. The van der Waals surface area contributed by atoms with Crippen LogP contribution in [0.1, 0.15) is 51.9 Å². The monoisotopic (exact) mass is 351 g/mol. The standard InChI is InChI=1S/C19H29NO5/c1-19(2,3)25-18(21)20-12-5-6-16-11-13-23-17(24-16)14-7-9-15(22-4)10-8-14/h7-10,16-17H,5-6,11-13H2,1-4H3,(H,20,21)/t16-,17?/m0/s1. The minimum Gasteiger partial charge on any atom is -0.497 e. The molecular weight excluding hydrogens is 322 g/mol. The first-order valence-electron chi connectivity index (χ1n) is 8.75. The van der Waals surface area contributed by atoms with Gasteiger partial charge in [-0.1, -0.05) is 12.1 Å². The van der Waals surface area contributed by atoms with Gasteiger partial charge in [0.15, 0.2) is 6.29 Å². The van der Waals surface area contributed by atoms with E-state index in [1.165, 1.54) is 0 Å². The third kappa shape index (κ3) is 6.92. The van der Waals surface area contributed by atoms with Crippen molar-refractivity contribution in [2.75, 3.05) is 20.3 Å². The number of rotatable bonds is 6. The van der Waals surface area contributed by atoms with Gasteiger partial charge in [0.2, 0.25) is 0 Å². The lowest BCUT2D eigenvalue weighted by molar-refractivity contribution is -0.218. The summed E-state index contributed by atoms with van der Waals surface area (Å²) in [7, 11) is 1.64. The molecule has 1 saturated heterocycles. The predicted molar refractivity (Wildman–Crippen MR) is 94.6 cm³/mol. The van der Waals surface area contributed by atoms with Crippen molar-refractivity contribution in [3.05, 3.63) is 29.8 Å². The lowest BCUT2D eigenvalue weighted by Gasteiger charge is -2.30. The van der Waals surface area contributed by atoms with Crippen molar-refractivity contribution < 1.29 is 23.7 Å². The largest absolute Gasteiger partial charge is 0.497 e. The third-order valence-corrected chi connectivity index (χ3v) is 3.78. The van der Waals surface area contributed by atoms with Crippen molar-refractivity contribution in [1.29, 1.82) is 0 Å². The molecule has 1 aromatic carbocycles. The van der Waals surface area contributed by atoms with Crippen LogP contribution in [0.4, 0.5) is 4.79 Å². The van der Waals surface area contributed by atoms with Gasteiger partial charge in [-0.15, -0.1) is 0 Å². The molecule has 0 saturated carbocycles. The van der Waals surface area contributed by atoms with Crippen LogP contribution >= 0.6 is 0 Å². The fourth-order valence-electron chi connectivity index (χ4n) is 2.57. The summed E-state index contributed by atoms with van der Waals surface area (Å²) in [6, 6.07) is 7.71. The maximum absolute atomic E-state index is 11.6. The highest BCUT2D eigenvalue weighted by Gasteiger charge is 2.24. The number of alkyl carbamates (subject to hydrolysis) is 1. The van der Waals surface area contributed by atoms with E-state index >= 15 is 0 Å². The molecule has 0 bridgehead atoms. The fourth-order valence-corrected chi connectivity index (χ4v) is 2.57. The van der Waals surface area contributed by atoms with E-state index in [0.29, 0.717) is 13.2 Å². The number of ether oxygens (including phenoxy) is 4. The van der Waals surface area contributed by atoms with Crippen LogP contribution < -0.4 is 10.1 Å². The summed E-state index contributed by atoms with van der Waals surface area (Å²) in [4.78, 5) is 11.6. The lowest BCUT2D eigenvalue weighted by Crippen LogP contribution is -2.33. The van der Waals surface area contributed by atoms with E-state index in [2.05, 4.69) is 5.32 Å². The average Bonchev–Trinajstić information content (AvgIpc) is 2.57. The van der Waals surface area contributed by atoms with E-state index in [9.17, 15) is 4.79 Å². The van der Waals surface area contributed by atoms with Crippen molar-refractivity contribution in [3.63, 3.8) is 0 Å². The van der Waals surface area contributed by atoms with E-state index < -0.39 is 5.60 Å². The normalized spacial score (nSPS) is 20.8. The molecule has 1 aliphatic heterocycles. The molecule has 0 radical (unpaired) electrons. The van der Waals surface area contributed by atoms with Crippen LogP contribution in [0.2, 0.25) is 0 Å². The van der Waals surface area contributed by atoms with Gasteiger partial charge in [0.1, 0.15) is 11.4 Å². The molecule has 0 aromatic heterocycles. The Kier molecular flexibility index (Phi) is 7.08. The summed E-state index contributed by atoms with van der Waals surface area (Å²) < 4.78 is 22.1. The fraction of sp³-hybridized carbons (Fsp3) is 0.632. The summed E-state index contributed by atoms with van der Waals surface area (Å²) >= 11 is 0. The van der Waals surface area contributed by atoms with Crippen LogP contribution in [0.3, 0.4) is 0 Å². The molecule has 0 spiro atoms. The second-order valence-corrected chi connectivity index (χ2v) is 7.09. The quantitative estimate of drug-likeness (QED) is 0.790. The summed E-state index contributed by atoms with van der Waals surface area (Å²) in [5.41, 5.74) is 0.511. The van der Waals surface area contributed by atoms with Gasteiger partial charge >= 0.3 is 6.09 Å². The number of methoxy groups -OCH3 is 1. The van der Waals surface area contributed by atoms with Gasteiger partial charge in [0, 0.05) is 12.1 Å². The number of carbonyl (C=O) groups is 1. The number of hydrogen-bond donors (Lipinski definition) is 1. The Morgan fingerprint density at radius 1 is 1.28 bits per heavy atom. The van der Waals surface area contributed by atoms with Crippen molar-refractivity contribution >= 4 is 6.09 Å². The average molecular weight is 351 g/mol. The molecule has 1 aromatic rings. The van der Waals surface area contributed by atoms with Crippen LogP contribution in [-0.4, -0.2) is 38.1 Å². The van der Waals surface area contributed by atoms with Gasteiger partial charge in [-0.3, -0.25) is 0 Å². The maximum atomic E-state index is 11.6. The Hall–Kier alpha value is -1.79. The Bertz CT molecular complexity index is 538. The van der Waals surface area contributed by atoms with Gasteiger partial charge in [0.05, 0.1) is 19.8 Å². The molecule has 1 aliphatic rings. The summed E-state index contributed by atoms with van der Waals surface area (Å²) in [5.74, 6) is 0.810. The van der Waals surface area contributed by atoms with Gasteiger partial charge in [-0.25, -0.2) is 4.79 Å². The molecule has 1 N–H and O–H groups in total. The molecule has 140 valence electrons. The van der Waals surface area contributed by atoms with Gasteiger partial charge < -0.3 is 24.3 Å². The van der Waals surface area contributed by atoms with Crippen LogP contribution in [0, 0.1) is 0 Å². The van der Waals surface area contributed by atoms with E-state index in [-0.39, 0.29) is 18.5 Å². The van der Waals surface area contributed by atoms with E-state index in [1.807, 2.05) is 45.0 Å². The zero-order valence-electron chi connectivity index (χ0n) is 15.5. The summed E-state index contributed by atoms with van der Waals surface area (Å²) in [6.45, 7) is 6.79. The van der Waals surface area contributed by atoms with Crippen LogP contribution in [0.25, 0.3) is 0 Å². The van der Waals surface area contributed by atoms with Crippen molar-refractivity contribution in [1.82, 2.24) is 5.32 Å². The first-order chi connectivity index (χ1) is 11.9. The van der Waals surface area contributed by atoms with Crippen LogP contribution in [0.15, 0.2) is 24.3 Å². The molecule has 6 nitrogen and oxygen atoms in total. The van der Waals surface area contributed by atoms with Gasteiger partial charge in [-0.05, 0) is 52.2 Å². The van der Waals surface area contributed by atoms with Crippen molar-refractivity contribution in [2.45, 2.75) is 58.0 Å². The topological polar surface area (TPSA) is 66.0 Å². The third-order valence-electron chi connectivity index (χ3n) is 3.78. The molecule has 1 amide bonds. The molecule has 25 heavy (non-hydrogen) atoms. The van der Waals surface area contributed by atoms with Crippen LogP contribution in [0.5, 0.6) is 5.75 Å². The van der Waals surface area contributed by atoms with E-state index in [4.69, 9.17) is 18.9 Å². The van der Waals surface area contributed by atoms with Crippen molar-refractivity contribution in [2.24, 2.45) is 0 Å². The minimum absolute atomic E-state index is 0.126. The molecule has 1 unspecified atom stereocenters. The zero-order valence-corrected chi connectivity index (χ0v) is 15.5. The van der Waals surface area contributed by atoms with Gasteiger partial charge in [-0.2, -0.15) is 0 Å². The highest BCUT2D eigenvalue weighted by molar-refractivity contribution is 5.67. The van der Waals surface area contributed by atoms with Crippen molar-refractivity contribution in [3.8, 4) is 5.75 Å². The molecule has 1 fully saturated rings. The Balaban J connectivity index is 1.71. The summed E-state index contributed by atoms with van der Waals surface area (Å²) in [5, 5.41) is 2.77. The second-order valence-electron chi connectivity index (χ2n) is 7.09. The number of benzene rings is 1. The SMILES string of the molecule is COc1ccc(C2OCC[C@H](CCCNC(=O)OC(C)(C)C)O2)cc1. The first-order valence-corrected chi connectivity index (χ1v) is 8.75. The number of hydrogen-bond acceptors (Lipinski definition) is 5. The first kappa shape index (κ1) is 19.5. The Labute approximate surface area is 149 Å². The Morgan fingerprint density at radius 2 is 2.00 bits per heavy atom. The molecule has 6 heteroatoms. The zero-order chi connectivity index (χ0) is 18.3. The smallest absolute Gasteiger partial charge is 0.407 e. The highest BCUT2D eigenvalue weighted by atomic mass is 16.7. The lowest BCUT2D eigenvalue weighted by atomic mass is 10.1. The molecule has 0 aliphatic carbocycles. The molecule has 1 heterocycles. The minimum atomic E-state index is -0.473. The maximum Gasteiger partial charge on any atom is 0.407 e. The molecule has 2 rings (SSSR count). The van der Waals surface area contributed by atoms with Gasteiger partial charge in [0.25, 0.3) is 0 Å². The van der Waals surface area contributed by atoms with Crippen LogP contribution in [-0.2, 0) is 14.2 Å². The number of amides is 1. The number of nitrogens with one attached hydrogen (secondary N) is 1. The molecule has 2 atom stereocenters. The highest BCUT2D eigenvalue weighted by Crippen LogP contribution is 2.29. The molecular formula is C19H29NO5. The Morgan fingerprint density at radius 3 is 2.64 bits per heavy atom. The van der Waals surface area contributed by atoms with E-state index in [1.54, 1.807) is 7.11 Å². The summed E-state index contributed by atoms with van der Waals surface area (Å²) in [6.07, 6.45) is 1.96.